The second kappa shape index (κ2) is 3.76. The molecule has 0 aliphatic carbocycles. The number of ether oxygens (including phenoxy) is 1. The highest BCUT2D eigenvalue weighted by Crippen LogP contribution is 2.25. The minimum Gasteiger partial charge on any atom is -0.466 e. The Morgan fingerprint density at radius 1 is 1.38 bits per heavy atom. The van der Waals surface area contributed by atoms with Crippen LogP contribution in [0.2, 0.25) is 0 Å². The molecule has 1 aliphatic heterocycles. The van der Waals surface area contributed by atoms with Crippen molar-refractivity contribution in [2.75, 3.05) is 12.4 Å². The standard InChI is InChI=1S/C9H10N2O4S/c1-15-9(12)8-10-6-4-2-3-5-7(6)16(13,14)11-8/h2-5,8,10-11H,1H3/t8-/m1/s1. The normalized spacial score (nSPS) is 21.7. The van der Waals surface area contributed by atoms with Crippen LogP contribution in [0.15, 0.2) is 29.2 Å². The molecule has 16 heavy (non-hydrogen) atoms. The Labute approximate surface area is 92.7 Å². The topological polar surface area (TPSA) is 84.5 Å². The maximum atomic E-state index is 11.7. The van der Waals surface area contributed by atoms with Crippen LogP contribution in [-0.2, 0) is 19.6 Å². The molecule has 1 aliphatic rings. The smallest absolute Gasteiger partial charge is 0.344 e. The molecule has 0 unspecified atom stereocenters. The number of carbonyl (C=O) groups is 1. The summed E-state index contributed by atoms with van der Waals surface area (Å²) in [5.74, 6) is -0.682. The van der Waals surface area contributed by atoms with Crippen molar-refractivity contribution >= 4 is 21.7 Å². The minimum atomic E-state index is -3.66. The minimum absolute atomic E-state index is 0.121. The Balaban J connectivity index is 2.45. The highest BCUT2D eigenvalue weighted by atomic mass is 32.2. The number of sulfonamides is 1. The number of para-hydroxylation sites is 1. The third-order valence-corrected chi connectivity index (χ3v) is 3.67. The maximum absolute atomic E-state index is 11.7. The van der Waals surface area contributed by atoms with Crippen molar-refractivity contribution < 1.29 is 17.9 Å². The Morgan fingerprint density at radius 2 is 2.06 bits per heavy atom. The first-order chi connectivity index (χ1) is 7.54. The first kappa shape index (κ1) is 10.9. The summed E-state index contributed by atoms with van der Waals surface area (Å²) >= 11 is 0. The van der Waals surface area contributed by atoms with Crippen molar-refractivity contribution in [1.82, 2.24) is 4.72 Å². The molecule has 0 bridgehead atoms. The molecule has 7 heteroatoms. The van der Waals surface area contributed by atoms with E-state index in [0.29, 0.717) is 5.69 Å². The number of methoxy groups -OCH3 is 1. The first-order valence-corrected chi connectivity index (χ1v) is 5.98. The van der Waals surface area contributed by atoms with Gasteiger partial charge in [-0.2, -0.15) is 4.72 Å². The lowest BCUT2D eigenvalue weighted by atomic mass is 10.3. The van der Waals surface area contributed by atoms with Crippen molar-refractivity contribution in [3.05, 3.63) is 24.3 Å². The monoisotopic (exact) mass is 242 g/mol. The second-order valence-electron chi connectivity index (χ2n) is 3.22. The average molecular weight is 242 g/mol. The van der Waals surface area contributed by atoms with Gasteiger partial charge in [0.2, 0.25) is 10.0 Å². The van der Waals surface area contributed by atoms with Crippen LogP contribution in [0.3, 0.4) is 0 Å². The molecule has 1 atom stereocenters. The zero-order valence-corrected chi connectivity index (χ0v) is 9.24. The first-order valence-electron chi connectivity index (χ1n) is 4.50. The van der Waals surface area contributed by atoms with Crippen molar-refractivity contribution in [2.45, 2.75) is 11.1 Å². The van der Waals surface area contributed by atoms with Gasteiger partial charge in [0.1, 0.15) is 4.90 Å². The lowest BCUT2D eigenvalue weighted by Gasteiger charge is -2.25. The third kappa shape index (κ3) is 1.74. The quantitative estimate of drug-likeness (QED) is 0.671. The number of benzene rings is 1. The van der Waals surface area contributed by atoms with Crippen molar-refractivity contribution in [3.63, 3.8) is 0 Å². The van der Waals surface area contributed by atoms with Crippen LogP contribution >= 0.6 is 0 Å². The van der Waals surface area contributed by atoms with Gasteiger partial charge in [0, 0.05) is 0 Å². The van der Waals surface area contributed by atoms with Crippen LogP contribution in [0.4, 0.5) is 5.69 Å². The van der Waals surface area contributed by atoms with Gasteiger partial charge in [0.05, 0.1) is 12.8 Å². The van der Waals surface area contributed by atoms with E-state index < -0.39 is 22.2 Å². The summed E-state index contributed by atoms with van der Waals surface area (Å²) in [6.07, 6.45) is -1.08. The number of rotatable bonds is 1. The summed E-state index contributed by atoms with van der Waals surface area (Å²) in [6.45, 7) is 0. The fourth-order valence-electron chi connectivity index (χ4n) is 1.45. The highest BCUT2D eigenvalue weighted by Gasteiger charge is 2.33. The van der Waals surface area contributed by atoms with E-state index in [1.807, 2.05) is 0 Å². The number of anilines is 1. The van der Waals surface area contributed by atoms with Gasteiger partial charge in [0.25, 0.3) is 0 Å². The van der Waals surface area contributed by atoms with Crippen LogP contribution < -0.4 is 10.0 Å². The molecule has 1 heterocycles. The molecular weight excluding hydrogens is 232 g/mol. The summed E-state index contributed by atoms with van der Waals surface area (Å²) in [5, 5.41) is 2.74. The third-order valence-electron chi connectivity index (χ3n) is 2.19. The average Bonchev–Trinajstić information content (AvgIpc) is 2.27. The molecule has 1 aromatic carbocycles. The molecular formula is C9H10N2O4S. The van der Waals surface area contributed by atoms with Crippen LogP contribution in [0.25, 0.3) is 0 Å². The molecule has 0 saturated heterocycles. The van der Waals surface area contributed by atoms with E-state index in [2.05, 4.69) is 14.8 Å². The molecule has 2 N–H and O–H groups in total. The maximum Gasteiger partial charge on any atom is 0.344 e. The molecule has 0 radical (unpaired) electrons. The van der Waals surface area contributed by atoms with Crippen LogP contribution in [0.1, 0.15) is 0 Å². The van der Waals surface area contributed by atoms with Gasteiger partial charge in [-0.1, -0.05) is 12.1 Å². The number of esters is 1. The van der Waals surface area contributed by atoms with E-state index in [-0.39, 0.29) is 4.90 Å². The van der Waals surface area contributed by atoms with Crippen LogP contribution in [0, 0.1) is 0 Å². The fourth-order valence-corrected chi connectivity index (χ4v) is 2.72. The van der Waals surface area contributed by atoms with Crippen LogP contribution in [0.5, 0.6) is 0 Å². The zero-order valence-electron chi connectivity index (χ0n) is 8.43. The summed E-state index contributed by atoms with van der Waals surface area (Å²) in [5.41, 5.74) is 0.386. The lowest BCUT2D eigenvalue weighted by molar-refractivity contribution is -0.141. The Morgan fingerprint density at radius 3 is 2.75 bits per heavy atom. The molecule has 0 amide bonds. The molecule has 0 spiro atoms. The number of carbonyl (C=O) groups excluding carboxylic acids is 1. The largest absolute Gasteiger partial charge is 0.466 e. The summed E-state index contributed by atoms with van der Waals surface area (Å²) in [7, 11) is -2.47. The molecule has 0 aromatic heterocycles. The summed E-state index contributed by atoms with van der Waals surface area (Å²) in [4.78, 5) is 11.4. The molecule has 6 nitrogen and oxygen atoms in total. The van der Waals surface area contributed by atoms with E-state index in [1.54, 1.807) is 18.2 Å². The molecule has 86 valence electrons. The Hall–Kier alpha value is -1.60. The number of nitrogens with one attached hydrogen (secondary N) is 2. The summed E-state index contributed by atoms with van der Waals surface area (Å²) in [6, 6.07) is 6.33. The second-order valence-corrected chi connectivity index (χ2v) is 4.90. The van der Waals surface area contributed by atoms with Gasteiger partial charge >= 0.3 is 5.97 Å². The van der Waals surface area contributed by atoms with Crippen molar-refractivity contribution in [3.8, 4) is 0 Å². The SMILES string of the molecule is COC(=O)[C@@H]1Nc2ccccc2S(=O)(=O)N1. The molecule has 0 saturated carbocycles. The van der Waals surface area contributed by atoms with Crippen molar-refractivity contribution in [2.24, 2.45) is 0 Å². The lowest BCUT2D eigenvalue weighted by Crippen LogP contribution is -2.50. The molecule has 1 aromatic rings. The van der Waals surface area contributed by atoms with Gasteiger partial charge in [-0.3, -0.25) is 0 Å². The summed E-state index contributed by atoms with van der Waals surface area (Å²) < 4.78 is 30.1. The van der Waals surface area contributed by atoms with E-state index in [1.165, 1.54) is 13.2 Å². The van der Waals surface area contributed by atoms with Crippen LogP contribution in [-0.4, -0.2) is 27.7 Å². The van der Waals surface area contributed by atoms with E-state index >= 15 is 0 Å². The fraction of sp³-hybridized carbons (Fsp3) is 0.222. The number of hydrogen-bond acceptors (Lipinski definition) is 5. The van der Waals surface area contributed by atoms with E-state index in [4.69, 9.17) is 0 Å². The van der Waals surface area contributed by atoms with E-state index in [0.717, 1.165) is 0 Å². The van der Waals surface area contributed by atoms with Gasteiger partial charge < -0.3 is 10.1 Å². The van der Waals surface area contributed by atoms with Crippen molar-refractivity contribution in [1.29, 1.82) is 0 Å². The van der Waals surface area contributed by atoms with Gasteiger partial charge in [-0.15, -0.1) is 0 Å². The number of fused-ring (bicyclic) bond motifs is 1. The Kier molecular flexibility index (Phi) is 2.56. The van der Waals surface area contributed by atoms with Gasteiger partial charge in [-0.25, -0.2) is 13.2 Å². The van der Waals surface area contributed by atoms with E-state index in [9.17, 15) is 13.2 Å². The Bertz CT molecular complexity index is 526. The number of hydrogen-bond donors (Lipinski definition) is 2. The molecule has 2 rings (SSSR count). The van der Waals surface area contributed by atoms with Gasteiger partial charge in [-0.05, 0) is 12.1 Å². The zero-order chi connectivity index (χ0) is 11.8. The highest BCUT2D eigenvalue weighted by molar-refractivity contribution is 7.89. The predicted molar refractivity (Wildman–Crippen MR) is 56.2 cm³/mol. The predicted octanol–water partition coefficient (Wildman–Crippen LogP) is -0.111. The van der Waals surface area contributed by atoms with Gasteiger partial charge in [0.15, 0.2) is 6.17 Å². The molecule has 0 fully saturated rings.